The van der Waals surface area contributed by atoms with Crippen molar-refractivity contribution in [2.75, 3.05) is 29.0 Å². The molecular formula is C19H18ClF4N9O. The van der Waals surface area contributed by atoms with Crippen molar-refractivity contribution in [2.24, 2.45) is 0 Å². The number of nitrogens with zero attached hydrogens (tertiary/aromatic N) is 6. The lowest BCUT2D eigenvalue weighted by Gasteiger charge is -2.25. The summed E-state index contributed by atoms with van der Waals surface area (Å²) in [6.45, 7) is -1.27. The number of hydrogen-bond acceptors (Lipinski definition) is 8. The highest BCUT2D eigenvalue weighted by atomic mass is 35.5. The Morgan fingerprint density at radius 3 is 2.76 bits per heavy atom. The summed E-state index contributed by atoms with van der Waals surface area (Å²) in [7, 11) is 0. The van der Waals surface area contributed by atoms with Crippen molar-refractivity contribution in [3.8, 4) is 5.95 Å². The number of halogens is 5. The fraction of sp³-hybridized carbons (Fsp3) is 0.316. The van der Waals surface area contributed by atoms with Crippen LogP contribution in [0.25, 0.3) is 5.95 Å². The maximum Gasteiger partial charge on any atom is 0.405 e. The van der Waals surface area contributed by atoms with Crippen LogP contribution < -0.4 is 21.3 Å². The van der Waals surface area contributed by atoms with Crippen molar-refractivity contribution in [1.82, 2.24) is 30.0 Å². The van der Waals surface area contributed by atoms with E-state index in [1.54, 1.807) is 24.3 Å². The Balaban J connectivity index is 1.58. The standard InChI is InChI=1S/C19H18ClF4N9O/c20-10-4-1-2-5-12(10)28-17-30-16(25)33(31-17)18-26-8-11(21)14(29-18)32-7-3-6-13(32)15(34)27-9-19(22,23)24/h1-2,4-5,8,13H,3,6-7,9H2,(H,27,34)(H3,25,28,30,31)/t13-/m1/s1. The number of nitrogen functional groups attached to an aromatic ring is 1. The molecule has 4 N–H and O–H groups in total. The number of carbonyl (C=O) groups is 1. The van der Waals surface area contributed by atoms with Crippen LogP contribution in [0.3, 0.4) is 0 Å². The Morgan fingerprint density at radius 1 is 1.26 bits per heavy atom. The molecule has 0 radical (unpaired) electrons. The Labute approximate surface area is 195 Å². The van der Waals surface area contributed by atoms with E-state index in [9.17, 15) is 22.4 Å². The Morgan fingerprint density at radius 2 is 2.03 bits per heavy atom. The lowest BCUT2D eigenvalue weighted by molar-refractivity contribution is -0.139. The summed E-state index contributed by atoms with van der Waals surface area (Å²) >= 11 is 6.11. The number of aromatic nitrogens is 5. The van der Waals surface area contributed by atoms with Crippen LogP contribution in [-0.4, -0.2) is 55.9 Å². The molecule has 1 amide bonds. The van der Waals surface area contributed by atoms with Gasteiger partial charge >= 0.3 is 6.18 Å². The predicted molar refractivity (Wildman–Crippen MR) is 115 cm³/mol. The van der Waals surface area contributed by atoms with Crippen LogP contribution in [0.15, 0.2) is 30.5 Å². The number of hydrogen-bond donors (Lipinski definition) is 3. The summed E-state index contributed by atoms with van der Waals surface area (Å²) in [5, 5.41) is 9.31. The number of amides is 1. The minimum absolute atomic E-state index is 0.0747. The second kappa shape index (κ2) is 9.29. The summed E-state index contributed by atoms with van der Waals surface area (Å²) in [4.78, 5) is 25.7. The molecule has 1 aliphatic heterocycles. The zero-order chi connectivity index (χ0) is 24.5. The first-order valence-electron chi connectivity index (χ1n) is 10.0. The molecule has 15 heteroatoms. The first-order valence-corrected chi connectivity index (χ1v) is 10.4. The number of rotatable bonds is 6. The highest BCUT2D eigenvalue weighted by molar-refractivity contribution is 6.33. The first kappa shape index (κ1) is 23.5. The molecule has 0 bridgehead atoms. The van der Waals surface area contributed by atoms with Crippen LogP contribution in [0.5, 0.6) is 0 Å². The minimum atomic E-state index is -4.56. The van der Waals surface area contributed by atoms with Gasteiger partial charge in [-0.05, 0) is 25.0 Å². The fourth-order valence-corrected chi connectivity index (χ4v) is 3.64. The number of carbonyl (C=O) groups excluding carboxylic acids is 1. The van der Waals surface area contributed by atoms with Gasteiger partial charge in [-0.1, -0.05) is 23.7 Å². The second-order valence-corrected chi connectivity index (χ2v) is 7.74. The molecule has 0 saturated carbocycles. The molecule has 0 spiro atoms. The molecule has 1 saturated heterocycles. The molecule has 1 fully saturated rings. The zero-order valence-electron chi connectivity index (χ0n) is 17.4. The third kappa shape index (κ3) is 5.11. The van der Waals surface area contributed by atoms with Gasteiger partial charge in [0.25, 0.3) is 5.95 Å². The maximum absolute atomic E-state index is 14.6. The largest absolute Gasteiger partial charge is 0.405 e. The molecule has 3 heterocycles. The Bertz CT molecular complexity index is 1200. The highest BCUT2D eigenvalue weighted by Crippen LogP contribution is 2.28. The molecule has 1 aromatic carbocycles. The van der Waals surface area contributed by atoms with Gasteiger partial charge in [-0.3, -0.25) is 4.79 Å². The van der Waals surface area contributed by atoms with E-state index in [0.717, 1.165) is 10.9 Å². The van der Waals surface area contributed by atoms with Gasteiger partial charge in [0.05, 0.1) is 16.9 Å². The smallest absolute Gasteiger partial charge is 0.368 e. The molecule has 0 aliphatic carbocycles. The molecule has 10 nitrogen and oxygen atoms in total. The van der Waals surface area contributed by atoms with Crippen LogP contribution in [0, 0.1) is 5.82 Å². The van der Waals surface area contributed by atoms with Crippen molar-refractivity contribution in [3.05, 3.63) is 41.3 Å². The quantitative estimate of drug-likeness (QED) is 0.442. The molecule has 34 heavy (non-hydrogen) atoms. The van der Waals surface area contributed by atoms with E-state index in [0.29, 0.717) is 17.1 Å². The van der Waals surface area contributed by atoms with Crippen molar-refractivity contribution in [1.29, 1.82) is 0 Å². The van der Waals surface area contributed by atoms with E-state index >= 15 is 0 Å². The third-order valence-corrected chi connectivity index (χ3v) is 5.27. The zero-order valence-corrected chi connectivity index (χ0v) is 18.1. The molecule has 4 rings (SSSR count). The van der Waals surface area contributed by atoms with Gasteiger partial charge in [0.15, 0.2) is 11.6 Å². The fourth-order valence-electron chi connectivity index (χ4n) is 3.46. The van der Waals surface area contributed by atoms with Crippen molar-refractivity contribution in [3.63, 3.8) is 0 Å². The van der Waals surface area contributed by atoms with Gasteiger partial charge in [0.1, 0.15) is 12.6 Å². The van der Waals surface area contributed by atoms with E-state index in [1.165, 1.54) is 4.90 Å². The number of nitrogens with one attached hydrogen (secondary N) is 2. The lowest BCUT2D eigenvalue weighted by atomic mass is 10.2. The lowest BCUT2D eigenvalue weighted by Crippen LogP contribution is -2.46. The van der Waals surface area contributed by atoms with Crippen LogP contribution in [0.2, 0.25) is 5.02 Å². The average molecular weight is 500 g/mol. The minimum Gasteiger partial charge on any atom is -0.368 e. The van der Waals surface area contributed by atoms with E-state index in [1.807, 2.05) is 5.32 Å². The molecule has 3 aromatic rings. The predicted octanol–water partition coefficient (Wildman–Crippen LogP) is 2.82. The number of para-hydroxylation sites is 1. The molecular weight excluding hydrogens is 482 g/mol. The van der Waals surface area contributed by atoms with Gasteiger partial charge in [0.2, 0.25) is 17.8 Å². The molecule has 180 valence electrons. The van der Waals surface area contributed by atoms with E-state index in [4.69, 9.17) is 17.3 Å². The Kier molecular flexibility index (Phi) is 6.41. The van der Waals surface area contributed by atoms with E-state index in [2.05, 4.69) is 25.4 Å². The summed E-state index contributed by atoms with van der Waals surface area (Å²) in [5.74, 6) is -2.17. The van der Waals surface area contributed by atoms with Crippen molar-refractivity contribution in [2.45, 2.75) is 25.1 Å². The highest BCUT2D eigenvalue weighted by Gasteiger charge is 2.36. The number of alkyl halides is 3. The molecule has 0 unspecified atom stereocenters. The van der Waals surface area contributed by atoms with Crippen LogP contribution in [0.1, 0.15) is 12.8 Å². The average Bonchev–Trinajstić information content (AvgIpc) is 3.40. The Hall–Kier alpha value is -3.68. The van der Waals surface area contributed by atoms with Crippen LogP contribution in [0.4, 0.5) is 41.0 Å². The van der Waals surface area contributed by atoms with Crippen LogP contribution >= 0.6 is 11.6 Å². The summed E-state index contributed by atoms with van der Waals surface area (Å²) in [5.41, 5.74) is 6.44. The number of nitrogens with two attached hydrogens (primary N) is 1. The third-order valence-electron chi connectivity index (χ3n) is 4.95. The SMILES string of the molecule is Nc1nc(Nc2ccccc2Cl)nn1-c1ncc(F)c(N2CCC[C@@H]2C(=O)NCC(F)(F)F)n1. The van der Waals surface area contributed by atoms with Gasteiger partial charge in [0, 0.05) is 6.54 Å². The normalized spacial score (nSPS) is 16.0. The van der Waals surface area contributed by atoms with Crippen molar-refractivity contribution < 1.29 is 22.4 Å². The van der Waals surface area contributed by atoms with Crippen molar-refractivity contribution >= 4 is 40.9 Å². The molecule has 1 atom stereocenters. The van der Waals surface area contributed by atoms with Gasteiger partial charge in [-0.2, -0.15) is 27.8 Å². The van der Waals surface area contributed by atoms with Gasteiger partial charge in [-0.15, -0.1) is 5.10 Å². The second-order valence-electron chi connectivity index (χ2n) is 7.34. The molecule has 2 aromatic heterocycles. The van der Waals surface area contributed by atoms with E-state index in [-0.39, 0.29) is 36.6 Å². The van der Waals surface area contributed by atoms with Gasteiger partial charge < -0.3 is 21.3 Å². The monoisotopic (exact) mass is 499 g/mol. The summed E-state index contributed by atoms with van der Waals surface area (Å²) < 4.78 is 53.1. The maximum atomic E-state index is 14.6. The summed E-state index contributed by atoms with van der Waals surface area (Å²) in [6.07, 6.45) is -3.00. The molecule has 1 aliphatic rings. The van der Waals surface area contributed by atoms with Gasteiger partial charge in [-0.25, -0.2) is 9.37 Å². The number of benzene rings is 1. The van der Waals surface area contributed by atoms with Crippen LogP contribution in [-0.2, 0) is 4.79 Å². The topological polar surface area (TPSA) is 127 Å². The summed E-state index contributed by atoms with van der Waals surface area (Å²) in [6, 6.07) is 5.84. The van der Waals surface area contributed by atoms with E-state index < -0.39 is 30.5 Å². The first-order chi connectivity index (χ1) is 16.1. The number of anilines is 4.